The Bertz CT molecular complexity index is 286. The summed E-state index contributed by atoms with van der Waals surface area (Å²) < 4.78 is 15.3. The second-order valence-corrected chi connectivity index (χ2v) is 4.68. The smallest absolute Gasteiger partial charge is 0.340 e. The van der Waals surface area contributed by atoms with Gasteiger partial charge >= 0.3 is 5.97 Å². The molecule has 0 aromatic rings. The van der Waals surface area contributed by atoms with Crippen LogP contribution in [-0.2, 0) is 19.0 Å². The Hall–Kier alpha value is -0.690. The highest BCUT2D eigenvalue weighted by molar-refractivity contribution is 5.79. The monoisotopic (exact) mass is 248 g/mol. The second-order valence-electron chi connectivity index (χ2n) is 4.68. The first-order valence-electron chi connectivity index (χ1n) is 5.60. The minimum Gasteiger partial charge on any atom is -0.464 e. The van der Waals surface area contributed by atoms with Crippen LogP contribution in [0.1, 0.15) is 27.7 Å². The van der Waals surface area contributed by atoms with Crippen LogP contribution < -0.4 is 0 Å². The molecular weight excluding hydrogens is 228 g/mol. The lowest BCUT2D eigenvalue weighted by Crippen LogP contribution is -2.54. The maximum Gasteiger partial charge on any atom is 0.340 e. The van der Waals surface area contributed by atoms with Gasteiger partial charge in [0.1, 0.15) is 12.2 Å². The Morgan fingerprint density at radius 3 is 2.65 bits per heavy atom. The molecule has 6 heteroatoms. The molecule has 1 rings (SSSR count). The lowest BCUT2D eigenvalue weighted by molar-refractivity contribution is -0.195. The summed E-state index contributed by atoms with van der Waals surface area (Å²) in [7, 11) is 0. The summed E-state index contributed by atoms with van der Waals surface area (Å²) in [5, 5.41) is 19.9. The van der Waals surface area contributed by atoms with E-state index < -0.39 is 29.6 Å². The highest BCUT2D eigenvalue weighted by Gasteiger charge is 2.48. The van der Waals surface area contributed by atoms with Gasteiger partial charge in [-0.3, -0.25) is 0 Å². The molecule has 0 spiro atoms. The van der Waals surface area contributed by atoms with Gasteiger partial charge in [0.15, 0.2) is 11.4 Å². The van der Waals surface area contributed by atoms with Crippen molar-refractivity contribution in [1.29, 1.82) is 0 Å². The summed E-state index contributed by atoms with van der Waals surface area (Å²) in [4.78, 5) is 11.5. The van der Waals surface area contributed by atoms with Gasteiger partial charge in [0.2, 0.25) is 0 Å². The average Bonchev–Trinajstić information content (AvgIpc) is 2.58. The largest absolute Gasteiger partial charge is 0.464 e. The molecule has 0 unspecified atom stereocenters. The molecular formula is C11H20O6. The van der Waals surface area contributed by atoms with Crippen LogP contribution in [0.2, 0.25) is 0 Å². The van der Waals surface area contributed by atoms with Crippen LogP contribution in [0.5, 0.6) is 0 Å². The highest BCUT2D eigenvalue weighted by atomic mass is 16.7. The number of carbonyl (C=O) groups excluding carboxylic acids is 1. The number of aliphatic hydroxyl groups is 2. The lowest BCUT2D eigenvalue weighted by atomic mass is 9.95. The van der Waals surface area contributed by atoms with Crippen LogP contribution in [0.15, 0.2) is 0 Å². The van der Waals surface area contributed by atoms with Gasteiger partial charge in [-0.15, -0.1) is 0 Å². The third-order valence-corrected chi connectivity index (χ3v) is 2.65. The van der Waals surface area contributed by atoms with E-state index in [1.54, 1.807) is 20.8 Å². The van der Waals surface area contributed by atoms with E-state index in [1.165, 1.54) is 6.92 Å². The molecule has 1 heterocycles. The van der Waals surface area contributed by atoms with Crippen molar-refractivity contribution < 1.29 is 29.2 Å². The van der Waals surface area contributed by atoms with E-state index in [0.29, 0.717) is 0 Å². The van der Waals surface area contributed by atoms with Gasteiger partial charge in [0.25, 0.3) is 0 Å². The minimum absolute atomic E-state index is 0.115. The Morgan fingerprint density at radius 1 is 1.65 bits per heavy atom. The van der Waals surface area contributed by atoms with Crippen molar-refractivity contribution in [2.24, 2.45) is 0 Å². The highest BCUT2D eigenvalue weighted by Crippen LogP contribution is 2.28. The van der Waals surface area contributed by atoms with Crippen molar-refractivity contribution in [2.45, 2.75) is 51.3 Å². The number of ether oxygens (including phenoxy) is 3. The predicted molar refractivity (Wildman–Crippen MR) is 58.2 cm³/mol. The molecule has 0 radical (unpaired) electrons. The van der Waals surface area contributed by atoms with Crippen molar-refractivity contribution in [1.82, 2.24) is 0 Å². The summed E-state index contributed by atoms with van der Waals surface area (Å²) in [6, 6.07) is 0. The van der Waals surface area contributed by atoms with E-state index in [2.05, 4.69) is 0 Å². The second kappa shape index (κ2) is 4.89. The van der Waals surface area contributed by atoms with Gasteiger partial charge in [0, 0.05) is 0 Å². The number of carbonyl (C=O) groups is 1. The Labute approximate surface area is 100 Å². The molecule has 6 nitrogen and oxygen atoms in total. The first kappa shape index (κ1) is 14.4. The standard InChI is InChI=1S/C11H20O6/c1-5-15-9(13)11(4,14)8(12)7-6-16-10(2,3)17-7/h7-8,12,14H,5-6H2,1-4H3/t7-,8+,11-/m0/s1. The number of esters is 1. The number of rotatable bonds is 4. The summed E-state index contributed by atoms with van der Waals surface area (Å²) in [6.07, 6.45) is -2.16. The van der Waals surface area contributed by atoms with Crippen molar-refractivity contribution in [2.75, 3.05) is 13.2 Å². The van der Waals surface area contributed by atoms with Gasteiger partial charge < -0.3 is 24.4 Å². The quantitative estimate of drug-likeness (QED) is 0.671. The molecule has 100 valence electrons. The van der Waals surface area contributed by atoms with Crippen LogP contribution in [0.25, 0.3) is 0 Å². The third kappa shape index (κ3) is 3.16. The van der Waals surface area contributed by atoms with Crippen molar-refractivity contribution >= 4 is 5.97 Å². The van der Waals surface area contributed by atoms with Gasteiger partial charge in [-0.2, -0.15) is 0 Å². The fraction of sp³-hybridized carbons (Fsp3) is 0.909. The molecule has 2 N–H and O–H groups in total. The minimum atomic E-state index is -2.01. The zero-order valence-corrected chi connectivity index (χ0v) is 10.6. The van der Waals surface area contributed by atoms with Crippen molar-refractivity contribution in [3.63, 3.8) is 0 Å². The zero-order valence-electron chi connectivity index (χ0n) is 10.6. The first-order chi connectivity index (χ1) is 7.70. The van der Waals surface area contributed by atoms with Crippen LogP contribution in [0, 0.1) is 0 Å². The molecule has 1 saturated heterocycles. The Balaban J connectivity index is 2.69. The summed E-state index contributed by atoms with van der Waals surface area (Å²) >= 11 is 0. The van der Waals surface area contributed by atoms with Gasteiger partial charge in [0.05, 0.1) is 13.2 Å². The predicted octanol–water partition coefficient (Wildman–Crippen LogP) is -0.187. The van der Waals surface area contributed by atoms with E-state index in [1.807, 2.05) is 0 Å². The maximum atomic E-state index is 11.5. The summed E-state index contributed by atoms with van der Waals surface area (Å²) in [5.74, 6) is -1.70. The number of aliphatic hydroxyl groups excluding tert-OH is 1. The van der Waals surface area contributed by atoms with Gasteiger partial charge in [-0.1, -0.05) is 0 Å². The molecule has 0 amide bonds. The summed E-state index contributed by atoms with van der Waals surface area (Å²) in [6.45, 7) is 6.46. The molecule has 1 aliphatic rings. The van der Waals surface area contributed by atoms with Crippen LogP contribution in [-0.4, -0.2) is 53.0 Å². The molecule has 3 atom stereocenters. The fourth-order valence-corrected chi connectivity index (χ4v) is 1.63. The normalized spacial score (nSPS) is 28.5. The lowest BCUT2D eigenvalue weighted by Gasteiger charge is -2.30. The van der Waals surface area contributed by atoms with Crippen LogP contribution in [0.4, 0.5) is 0 Å². The van der Waals surface area contributed by atoms with Crippen molar-refractivity contribution in [3.8, 4) is 0 Å². The molecule has 1 aliphatic heterocycles. The maximum absolute atomic E-state index is 11.5. The Kier molecular flexibility index (Phi) is 4.14. The van der Waals surface area contributed by atoms with E-state index >= 15 is 0 Å². The molecule has 1 fully saturated rings. The SMILES string of the molecule is CCOC(=O)[C@@](C)(O)[C@H](O)[C@@H]1COC(C)(C)O1. The van der Waals surface area contributed by atoms with Crippen LogP contribution in [0.3, 0.4) is 0 Å². The van der Waals surface area contributed by atoms with Crippen LogP contribution >= 0.6 is 0 Å². The first-order valence-corrected chi connectivity index (χ1v) is 5.60. The molecule has 0 saturated carbocycles. The fourth-order valence-electron chi connectivity index (χ4n) is 1.63. The summed E-state index contributed by atoms with van der Waals surface area (Å²) in [5.41, 5.74) is -2.01. The van der Waals surface area contributed by atoms with Crippen molar-refractivity contribution in [3.05, 3.63) is 0 Å². The number of hydrogen-bond acceptors (Lipinski definition) is 6. The van der Waals surface area contributed by atoms with E-state index in [9.17, 15) is 15.0 Å². The molecule has 0 aliphatic carbocycles. The van der Waals surface area contributed by atoms with E-state index in [-0.39, 0.29) is 13.2 Å². The molecule has 0 bridgehead atoms. The Morgan fingerprint density at radius 2 is 2.24 bits per heavy atom. The van der Waals surface area contributed by atoms with Gasteiger partial charge in [-0.05, 0) is 27.7 Å². The van der Waals surface area contributed by atoms with Gasteiger partial charge in [-0.25, -0.2) is 4.79 Å². The van der Waals surface area contributed by atoms with E-state index in [4.69, 9.17) is 14.2 Å². The third-order valence-electron chi connectivity index (χ3n) is 2.65. The number of hydrogen-bond donors (Lipinski definition) is 2. The van der Waals surface area contributed by atoms with E-state index in [0.717, 1.165) is 0 Å². The molecule has 0 aromatic heterocycles. The average molecular weight is 248 g/mol. The molecule has 17 heavy (non-hydrogen) atoms. The zero-order chi connectivity index (χ0) is 13.3. The molecule has 0 aromatic carbocycles. The topological polar surface area (TPSA) is 85.2 Å².